The van der Waals surface area contributed by atoms with Crippen molar-refractivity contribution in [3.8, 4) is 0 Å². The molecule has 3 N–H and O–H groups in total. The summed E-state index contributed by atoms with van der Waals surface area (Å²) in [7, 11) is 0. The van der Waals surface area contributed by atoms with Gasteiger partial charge in [0.2, 0.25) is 0 Å². The molecule has 0 saturated carbocycles. The van der Waals surface area contributed by atoms with E-state index in [0.717, 1.165) is 22.1 Å². The molecule has 1 aromatic rings. The summed E-state index contributed by atoms with van der Waals surface area (Å²) < 4.78 is 0.928. The van der Waals surface area contributed by atoms with Crippen molar-refractivity contribution in [3.63, 3.8) is 0 Å². The Hall–Kier alpha value is -0.610. The van der Waals surface area contributed by atoms with Crippen molar-refractivity contribution in [3.05, 3.63) is 28.2 Å². The van der Waals surface area contributed by atoms with Crippen LogP contribution in [0.15, 0.2) is 22.7 Å². The van der Waals surface area contributed by atoms with E-state index in [-0.39, 0.29) is 5.54 Å². The van der Waals surface area contributed by atoms with Crippen molar-refractivity contribution in [2.45, 2.75) is 32.7 Å². The van der Waals surface area contributed by atoms with Gasteiger partial charge in [-0.15, -0.1) is 0 Å². The molecule has 0 aromatic heterocycles. The van der Waals surface area contributed by atoms with Gasteiger partial charge in [0.05, 0.1) is 0 Å². The molecule has 88 valence electrons. The maximum absolute atomic E-state index is 5.60. The smallest absolute Gasteiger partial charge is 0.105 e. The molecule has 0 spiro atoms. The van der Waals surface area contributed by atoms with Crippen LogP contribution in [0, 0.1) is 0 Å². The summed E-state index contributed by atoms with van der Waals surface area (Å²) in [6, 6.07) is 5.93. The van der Waals surface area contributed by atoms with E-state index in [1.54, 1.807) is 0 Å². The molecule has 0 aliphatic rings. The Labute approximate surface area is 111 Å². The summed E-state index contributed by atoms with van der Waals surface area (Å²) in [5.41, 5.74) is 7.63. The van der Waals surface area contributed by atoms with Gasteiger partial charge in [0.1, 0.15) is 4.99 Å². The van der Waals surface area contributed by atoms with E-state index in [9.17, 15) is 0 Å². The molecule has 16 heavy (non-hydrogen) atoms. The van der Waals surface area contributed by atoms with E-state index >= 15 is 0 Å². The SMILES string of the molecule is CCC(C)(C)Nc1ccc(C(N)=S)c(Br)c1. The fourth-order valence-electron chi connectivity index (χ4n) is 1.27. The van der Waals surface area contributed by atoms with E-state index < -0.39 is 0 Å². The number of halogens is 1. The molecule has 1 aromatic carbocycles. The molecule has 0 unspecified atom stereocenters. The van der Waals surface area contributed by atoms with Crippen LogP contribution in [-0.4, -0.2) is 10.5 Å². The number of hydrogen-bond acceptors (Lipinski definition) is 2. The standard InChI is InChI=1S/C12H17BrN2S/c1-4-12(2,3)15-8-5-6-9(11(14)16)10(13)7-8/h5-7,15H,4H2,1-3H3,(H2,14,16). The Bertz CT molecular complexity index is 402. The Morgan fingerprint density at radius 3 is 2.56 bits per heavy atom. The van der Waals surface area contributed by atoms with Crippen molar-refractivity contribution in [1.29, 1.82) is 0 Å². The predicted molar refractivity (Wildman–Crippen MR) is 78.0 cm³/mol. The topological polar surface area (TPSA) is 38.0 Å². The number of anilines is 1. The number of rotatable bonds is 4. The third kappa shape index (κ3) is 3.46. The van der Waals surface area contributed by atoms with E-state index in [2.05, 4.69) is 42.0 Å². The summed E-state index contributed by atoms with van der Waals surface area (Å²) in [4.78, 5) is 0.410. The number of hydrogen-bond donors (Lipinski definition) is 2. The highest BCUT2D eigenvalue weighted by atomic mass is 79.9. The Balaban J connectivity index is 2.94. The molecule has 4 heteroatoms. The second-order valence-electron chi connectivity index (χ2n) is 4.42. The van der Waals surface area contributed by atoms with Gasteiger partial charge < -0.3 is 11.1 Å². The average molecular weight is 301 g/mol. The maximum atomic E-state index is 5.60. The van der Waals surface area contributed by atoms with Crippen LogP contribution in [0.3, 0.4) is 0 Å². The lowest BCUT2D eigenvalue weighted by molar-refractivity contribution is 0.547. The van der Waals surface area contributed by atoms with Crippen molar-refractivity contribution >= 4 is 38.8 Å². The summed E-state index contributed by atoms with van der Waals surface area (Å²) in [5.74, 6) is 0. The van der Waals surface area contributed by atoms with Crippen molar-refractivity contribution in [2.75, 3.05) is 5.32 Å². The first kappa shape index (κ1) is 13.5. The first-order valence-electron chi connectivity index (χ1n) is 5.23. The van der Waals surface area contributed by atoms with Gasteiger partial charge in [0.25, 0.3) is 0 Å². The van der Waals surface area contributed by atoms with E-state index in [1.807, 2.05) is 18.2 Å². The normalized spacial score (nSPS) is 11.2. The third-order valence-electron chi connectivity index (χ3n) is 2.60. The predicted octanol–water partition coefficient (Wildman–Crippen LogP) is 3.68. The van der Waals surface area contributed by atoms with Crippen molar-refractivity contribution in [2.24, 2.45) is 5.73 Å². The lowest BCUT2D eigenvalue weighted by atomic mass is 10.0. The molecule has 0 saturated heterocycles. The molecule has 0 aliphatic heterocycles. The Kier molecular flexibility index (Phi) is 4.33. The highest BCUT2D eigenvalue weighted by molar-refractivity contribution is 9.10. The zero-order chi connectivity index (χ0) is 12.3. The van der Waals surface area contributed by atoms with Gasteiger partial charge in [-0.2, -0.15) is 0 Å². The Morgan fingerprint density at radius 1 is 1.50 bits per heavy atom. The fourth-order valence-corrected chi connectivity index (χ4v) is 2.17. The average Bonchev–Trinajstić information content (AvgIpc) is 2.16. The summed E-state index contributed by atoms with van der Waals surface area (Å²) >= 11 is 8.42. The van der Waals surface area contributed by atoms with Crippen molar-refractivity contribution < 1.29 is 0 Å². The molecule has 0 bridgehead atoms. The van der Waals surface area contributed by atoms with E-state index in [1.165, 1.54) is 0 Å². The van der Waals surface area contributed by atoms with Gasteiger partial charge in [-0.1, -0.05) is 19.1 Å². The molecule has 0 radical (unpaired) electrons. The first-order chi connectivity index (χ1) is 7.35. The first-order valence-corrected chi connectivity index (χ1v) is 6.43. The Morgan fingerprint density at radius 2 is 2.12 bits per heavy atom. The highest BCUT2D eigenvalue weighted by Crippen LogP contribution is 2.24. The van der Waals surface area contributed by atoms with Gasteiger partial charge >= 0.3 is 0 Å². The molecular weight excluding hydrogens is 284 g/mol. The number of thiocarbonyl (C=S) groups is 1. The number of nitrogens with one attached hydrogen (secondary N) is 1. The minimum atomic E-state index is 0.0875. The van der Waals surface area contributed by atoms with Crippen molar-refractivity contribution in [1.82, 2.24) is 0 Å². The van der Waals surface area contributed by atoms with E-state index in [4.69, 9.17) is 18.0 Å². The summed E-state index contributed by atoms with van der Waals surface area (Å²) in [6.07, 6.45) is 1.06. The van der Waals surface area contributed by atoms with E-state index in [0.29, 0.717) is 4.99 Å². The zero-order valence-electron chi connectivity index (χ0n) is 9.80. The van der Waals surface area contributed by atoms with Crippen LogP contribution >= 0.6 is 28.1 Å². The quantitative estimate of drug-likeness (QED) is 0.833. The maximum Gasteiger partial charge on any atom is 0.105 e. The molecule has 0 aliphatic carbocycles. The largest absolute Gasteiger partial charge is 0.389 e. The lowest BCUT2D eigenvalue weighted by Crippen LogP contribution is -2.29. The monoisotopic (exact) mass is 300 g/mol. The van der Waals surface area contributed by atoms with Gasteiger partial charge in [0, 0.05) is 21.3 Å². The molecule has 1 rings (SSSR count). The molecule has 0 fully saturated rings. The number of benzene rings is 1. The minimum Gasteiger partial charge on any atom is -0.389 e. The molecular formula is C12H17BrN2S. The zero-order valence-corrected chi connectivity index (χ0v) is 12.2. The minimum absolute atomic E-state index is 0.0875. The molecule has 0 amide bonds. The number of nitrogens with two attached hydrogens (primary N) is 1. The van der Waals surface area contributed by atoms with Crippen LogP contribution in [0.4, 0.5) is 5.69 Å². The summed E-state index contributed by atoms with van der Waals surface area (Å²) in [6.45, 7) is 6.50. The molecule has 0 atom stereocenters. The fraction of sp³-hybridized carbons (Fsp3) is 0.417. The van der Waals surface area contributed by atoms with Gasteiger partial charge in [-0.3, -0.25) is 0 Å². The second-order valence-corrected chi connectivity index (χ2v) is 5.72. The van der Waals surface area contributed by atoms with Crippen LogP contribution in [-0.2, 0) is 0 Å². The van der Waals surface area contributed by atoms with Gasteiger partial charge in [-0.05, 0) is 54.4 Å². The van der Waals surface area contributed by atoms with Crippen LogP contribution in [0.25, 0.3) is 0 Å². The van der Waals surface area contributed by atoms with Crippen LogP contribution in [0.1, 0.15) is 32.8 Å². The van der Waals surface area contributed by atoms with Gasteiger partial charge in [-0.25, -0.2) is 0 Å². The lowest BCUT2D eigenvalue weighted by Gasteiger charge is -2.26. The second kappa shape index (κ2) is 5.15. The summed E-state index contributed by atoms with van der Waals surface area (Å²) in [5, 5.41) is 3.46. The molecule has 2 nitrogen and oxygen atoms in total. The third-order valence-corrected chi connectivity index (χ3v) is 3.48. The van der Waals surface area contributed by atoms with Crippen LogP contribution in [0.2, 0.25) is 0 Å². The van der Waals surface area contributed by atoms with Crippen LogP contribution in [0.5, 0.6) is 0 Å². The molecule has 0 heterocycles. The van der Waals surface area contributed by atoms with Crippen LogP contribution < -0.4 is 11.1 Å². The van der Waals surface area contributed by atoms with Gasteiger partial charge in [0.15, 0.2) is 0 Å². The highest BCUT2D eigenvalue weighted by Gasteiger charge is 2.14.